The lowest BCUT2D eigenvalue weighted by molar-refractivity contribution is -0.385. The van der Waals surface area contributed by atoms with E-state index in [1.807, 2.05) is 66.7 Å². The molecule has 0 bridgehead atoms. The Morgan fingerprint density at radius 2 is 1.32 bits per heavy atom. The zero-order valence-corrected chi connectivity index (χ0v) is 32.4. The first-order chi connectivity index (χ1) is 25.0. The topological polar surface area (TPSA) is 114 Å². The Labute approximate surface area is 313 Å². The largest absolute Gasteiger partial charge is 0.504 e. The Morgan fingerprint density at radius 3 is 1.77 bits per heavy atom. The van der Waals surface area contributed by atoms with Gasteiger partial charge in [-0.2, -0.15) is 0 Å². The van der Waals surface area contributed by atoms with Crippen molar-refractivity contribution in [3.63, 3.8) is 0 Å². The molecule has 4 rings (SSSR count). The highest BCUT2D eigenvalue weighted by Crippen LogP contribution is 2.47. The fourth-order valence-electron chi connectivity index (χ4n) is 6.12. The molecule has 0 aliphatic rings. The number of nitrogens with zero attached hydrogens (tertiary/aromatic N) is 2. The third-order valence-electron chi connectivity index (χ3n) is 9.46. The molecule has 4 aromatic rings. The molecular weight excluding hydrogens is 671 g/mol. The summed E-state index contributed by atoms with van der Waals surface area (Å²) in [5.74, 6) is -0.971. The summed E-state index contributed by atoms with van der Waals surface area (Å²) < 4.78 is 27.8. The van der Waals surface area contributed by atoms with Crippen LogP contribution in [0.3, 0.4) is 0 Å². The van der Waals surface area contributed by atoms with E-state index < -0.39 is 33.8 Å². The number of aromatic hydroxyl groups is 1. The number of phenolic OH excluding ortho intramolecular Hbond substituents is 1. The number of unbranched alkanes of at least 4 members (excludes halogenated alkanes) is 2. The molecule has 0 saturated heterocycles. The van der Waals surface area contributed by atoms with Crippen LogP contribution < -0.4 is 9.47 Å². The van der Waals surface area contributed by atoms with Crippen molar-refractivity contribution in [2.24, 2.45) is 4.99 Å². The van der Waals surface area contributed by atoms with Gasteiger partial charge in [-0.25, -0.2) is 4.39 Å². The van der Waals surface area contributed by atoms with Crippen molar-refractivity contribution in [1.29, 1.82) is 0 Å². The summed E-state index contributed by atoms with van der Waals surface area (Å²) >= 11 is 0. The lowest BCUT2D eigenvalue weighted by Gasteiger charge is -2.39. The number of phenols is 1. The van der Waals surface area contributed by atoms with Crippen molar-refractivity contribution in [2.45, 2.75) is 110 Å². The first kappa shape index (κ1) is 41.0. The second-order valence-corrected chi connectivity index (χ2v) is 15.7. The van der Waals surface area contributed by atoms with Gasteiger partial charge in [0.25, 0.3) is 5.69 Å². The van der Waals surface area contributed by atoms with Gasteiger partial charge in [0.2, 0.25) is 0 Å². The minimum atomic E-state index is -1.95. The van der Waals surface area contributed by atoms with Crippen molar-refractivity contribution in [1.82, 2.24) is 0 Å². The summed E-state index contributed by atoms with van der Waals surface area (Å²) in [5, 5.41) is 36.4. The summed E-state index contributed by atoms with van der Waals surface area (Å²) in [5.41, 5.74) is 0.403. The molecule has 9 heteroatoms. The molecule has 1 atom stereocenters. The van der Waals surface area contributed by atoms with E-state index in [0.717, 1.165) is 48.4 Å². The van der Waals surface area contributed by atoms with Gasteiger partial charge in [0.05, 0.1) is 30.2 Å². The molecule has 53 heavy (non-hydrogen) atoms. The van der Waals surface area contributed by atoms with Crippen molar-refractivity contribution in [3.05, 3.63) is 128 Å². The predicted octanol–water partition coefficient (Wildman–Crippen LogP) is 10.4. The van der Waals surface area contributed by atoms with Gasteiger partial charge in [-0.05, 0) is 71.0 Å². The monoisotopic (exact) mass is 726 g/mol. The van der Waals surface area contributed by atoms with Gasteiger partial charge in [-0.15, -0.1) is 0 Å². The number of aliphatic hydroxyl groups is 1. The van der Waals surface area contributed by atoms with E-state index in [-0.39, 0.29) is 22.8 Å². The molecule has 0 aliphatic carbocycles. The third-order valence-corrected chi connectivity index (χ3v) is 9.46. The Balaban J connectivity index is 2.16. The number of hydrogen-bond acceptors (Lipinski definition) is 7. The quantitative estimate of drug-likeness (QED) is 0.0514. The molecule has 0 aromatic heterocycles. The van der Waals surface area contributed by atoms with Gasteiger partial charge in [0, 0.05) is 29.0 Å². The summed E-state index contributed by atoms with van der Waals surface area (Å²) in [7, 11) is 0. The Morgan fingerprint density at radius 1 is 0.811 bits per heavy atom. The van der Waals surface area contributed by atoms with E-state index in [1.54, 1.807) is 0 Å². The van der Waals surface area contributed by atoms with Crippen LogP contribution in [0.1, 0.15) is 114 Å². The number of aliphatic imine (C=N–C) groups is 1. The van der Waals surface area contributed by atoms with Crippen molar-refractivity contribution < 1.29 is 29.0 Å². The maximum absolute atomic E-state index is 14.8. The normalized spacial score (nSPS) is 12.9. The van der Waals surface area contributed by atoms with Crippen LogP contribution in [-0.2, 0) is 22.9 Å². The number of rotatable bonds is 16. The lowest BCUT2D eigenvalue weighted by Crippen LogP contribution is -2.42. The van der Waals surface area contributed by atoms with Crippen molar-refractivity contribution in [3.8, 4) is 17.2 Å². The highest BCUT2D eigenvalue weighted by molar-refractivity contribution is 5.85. The average Bonchev–Trinajstić information content (AvgIpc) is 3.11. The second kappa shape index (κ2) is 17.4. The molecule has 0 saturated carbocycles. The zero-order chi connectivity index (χ0) is 39.0. The molecular formula is C44H55FN2O6. The van der Waals surface area contributed by atoms with E-state index in [9.17, 15) is 24.7 Å². The molecule has 2 N–H and O–H groups in total. The number of ether oxygens (including phenoxy) is 2. The smallest absolute Gasteiger partial charge is 0.273 e. The van der Waals surface area contributed by atoms with Crippen LogP contribution in [0.4, 0.5) is 10.1 Å². The molecule has 0 aliphatic heterocycles. The predicted molar refractivity (Wildman–Crippen MR) is 210 cm³/mol. The number of halogens is 1. The zero-order valence-electron chi connectivity index (χ0n) is 32.4. The Hall–Kier alpha value is -4.76. The lowest BCUT2D eigenvalue weighted by atomic mass is 9.73. The van der Waals surface area contributed by atoms with Crippen molar-refractivity contribution >= 4 is 11.9 Å². The van der Waals surface area contributed by atoms with E-state index in [1.165, 1.54) is 6.21 Å². The molecule has 0 radical (unpaired) electrons. The molecule has 0 spiro atoms. The summed E-state index contributed by atoms with van der Waals surface area (Å²) in [6.45, 7) is 17.6. The van der Waals surface area contributed by atoms with Crippen LogP contribution in [0.25, 0.3) is 0 Å². The molecule has 0 unspecified atom stereocenters. The molecule has 0 fully saturated rings. The van der Waals surface area contributed by atoms with E-state index >= 15 is 0 Å². The van der Waals surface area contributed by atoms with Crippen LogP contribution in [0.15, 0.2) is 83.9 Å². The molecule has 8 nitrogen and oxygen atoms in total. The summed E-state index contributed by atoms with van der Waals surface area (Å²) in [6.07, 6.45) is 4.81. The highest BCUT2D eigenvalue weighted by atomic mass is 19.1. The first-order valence-corrected chi connectivity index (χ1v) is 18.5. The van der Waals surface area contributed by atoms with Crippen LogP contribution >= 0.6 is 0 Å². The van der Waals surface area contributed by atoms with E-state index in [2.05, 4.69) is 55.4 Å². The second-order valence-electron chi connectivity index (χ2n) is 15.7. The van der Waals surface area contributed by atoms with E-state index in [4.69, 9.17) is 14.5 Å². The average molecular weight is 727 g/mol. The number of nitro groups is 1. The van der Waals surface area contributed by atoms with Gasteiger partial charge in [0.15, 0.2) is 11.6 Å². The number of non-ortho nitro benzene ring substituents is 1. The van der Waals surface area contributed by atoms with Crippen LogP contribution in [0, 0.1) is 15.9 Å². The number of benzene rings is 4. The van der Waals surface area contributed by atoms with Crippen LogP contribution in [0.5, 0.6) is 17.2 Å². The fraction of sp³-hybridized carbons (Fsp3) is 0.432. The maximum atomic E-state index is 14.8. The standard InChI is InChI=1S/C44H55FN2O6/c1-9-11-22-52-38-20-18-32(42(3,4)5)26-35(38)44(49,36-27-33(43(6,7)8)19-21-39(36)53-23-12-10-2)40(24-30-16-14-13-15-17-30)46-29-31-25-34(47(50)51)28-37(45)41(31)48/h13-21,25-29,40,48-49H,9-12,22-24H2,1-8H3/t40-/m1/s1. The van der Waals surface area contributed by atoms with Crippen LogP contribution in [0.2, 0.25) is 0 Å². The molecule has 284 valence electrons. The van der Waals surface area contributed by atoms with Crippen LogP contribution in [-0.4, -0.2) is 40.6 Å². The number of hydrogen-bond donors (Lipinski definition) is 2. The Bertz CT molecular complexity index is 1810. The molecule has 0 amide bonds. The Kier molecular flexibility index (Phi) is 13.4. The van der Waals surface area contributed by atoms with Crippen molar-refractivity contribution in [2.75, 3.05) is 13.2 Å². The third kappa shape index (κ3) is 10.0. The van der Waals surface area contributed by atoms with Gasteiger partial charge in [-0.3, -0.25) is 15.1 Å². The molecule has 0 heterocycles. The fourth-order valence-corrected chi connectivity index (χ4v) is 6.12. The SMILES string of the molecule is CCCCOc1ccc(C(C)(C)C)cc1C(O)(c1cc(C(C)(C)C)ccc1OCCCC)[C@@H](Cc1ccccc1)N=Cc1cc([N+](=O)[O-])cc(F)c1O. The first-order valence-electron chi connectivity index (χ1n) is 18.5. The number of nitro benzene ring substituents is 1. The van der Waals surface area contributed by atoms with Gasteiger partial charge in [-0.1, -0.05) is 111 Å². The highest BCUT2D eigenvalue weighted by Gasteiger charge is 2.46. The van der Waals surface area contributed by atoms with E-state index in [0.29, 0.717) is 41.9 Å². The summed E-state index contributed by atoms with van der Waals surface area (Å²) in [6, 6.07) is 22.0. The summed E-state index contributed by atoms with van der Waals surface area (Å²) in [4.78, 5) is 15.9. The minimum absolute atomic E-state index is 0.189. The molecule has 4 aromatic carbocycles. The van der Waals surface area contributed by atoms with Gasteiger partial charge < -0.3 is 19.7 Å². The van der Waals surface area contributed by atoms with Gasteiger partial charge in [0.1, 0.15) is 17.1 Å². The minimum Gasteiger partial charge on any atom is -0.504 e. The van der Waals surface area contributed by atoms with Gasteiger partial charge >= 0.3 is 0 Å². The maximum Gasteiger partial charge on any atom is 0.273 e.